The van der Waals surface area contributed by atoms with Crippen LogP contribution in [-0.4, -0.2) is 20.4 Å². The van der Waals surface area contributed by atoms with Crippen LogP contribution in [0.1, 0.15) is 13.3 Å². The third-order valence-electron chi connectivity index (χ3n) is 1.64. The molecule has 0 spiro atoms. The van der Waals surface area contributed by atoms with Crippen molar-refractivity contribution in [2.45, 2.75) is 31.4 Å². The minimum absolute atomic E-state index is 0.252. The standard InChI is InChI=1S/C6H15ClOSi/c1-5-6(7)9(3,4)8-2/h6H,5H2,1-4H3. The highest BCUT2D eigenvalue weighted by Crippen LogP contribution is 2.17. The molecule has 1 atom stereocenters. The second-order valence-corrected chi connectivity index (χ2v) is 7.89. The molecule has 9 heavy (non-hydrogen) atoms. The zero-order valence-electron chi connectivity index (χ0n) is 6.57. The van der Waals surface area contributed by atoms with Crippen molar-refractivity contribution in [1.29, 1.82) is 0 Å². The summed E-state index contributed by atoms with van der Waals surface area (Å²) in [6.45, 7) is 6.35. The first kappa shape index (κ1) is 9.47. The maximum absolute atomic E-state index is 5.99. The molecular formula is C6H15ClOSi. The Morgan fingerprint density at radius 2 is 2.00 bits per heavy atom. The zero-order valence-corrected chi connectivity index (χ0v) is 8.33. The topological polar surface area (TPSA) is 9.23 Å². The molecule has 0 aliphatic rings. The van der Waals surface area contributed by atoms with E-state index in [1.54, 1.807) is 7.11 Å². The van der Waals surface area contributed by atoms with Crippen molar-refractivity contribution in [3.8, 4) is 0 Å². The van der Waals surface area contributed by atoms with Crippen molar-refractivity contribution >= 4 is 19.9 Å². The molecule has 0 aliphatic heterocycles. The SMILES string of the molecule is CCC(Cl)[Si](C)(C)OC. The van der Waals surface area contributed by atoms with Crippen molar-refractivity contribution in [3.63, 3.8) is 0 Å². The van der Waals surface area contributed by atoms with Gasteiger partial charge >= 0.3 is 0 Å². The van der Waals surface area contributed by atoms with Gasteiger partial charge in [-0.2, -0.15) is 0 Å². The largest absolute Gasteiger partial charge is 0.419 e. The van der Waals surface area contributed by atoms with Crippen LogP contribution in [0, 0.1) is 0 Å². The van der Waals surface area contributed by atoms with E-state index in [-0.39, 0.29) is 5.00 Å². The van der Waals surface area contributed by atoms with E-state index in [9.17, 15) is 0 Å². The number of halogens is 1. The van der Waals surface area contributed by atoms with Gasteiger partial charge in [0.15, 0.2) is 0 Å². The Labute approximate surface area is 63.5 Å². The normalized spacial score (nSPS) is 15.7. The van der Waals surface area contributed by atoms with Crippen LogP contribution in [-0.2, 0) is 4.43 Å². The summed E-state index contributed by atoms with van der Waals surface area (Å²) in [4.78, 5) is 0. The fourth-order valence-corrected chi connectivity index (χ4v) is 2.13. The quantitative estimate of drug-likeness (QED) is 0.462. The molecule has 0 radical (unpaired) electrons. The second kappa shape index (κ2) is 3.59. The van der Waals surface area contributed by atoms with Gasteiger partial charge in [0.05, 0.1) is 5.00 Å². The van der Waals surface area contributed by atoms with Gasteiger partial charge in [0.25, 0.3) is 0 Å². The second-order valence-electron chi connectivity index (χ2n) is 2.68. The number of rotatable bonds is 3. The summed E-state index contributed by atoms with van der Waals surface area (Å²) >= 11 is 5.99. The molecule has 0 aliphatic carbocycles. The summed E-state index contributed by atoms with van der Waals surface area (Å²) in [5.41, 5.74) is 0. The van der Waals surface area contributed by atoms with Crippen molar-refractivity contribution in [3.05, 3.63) is 0 Å². The molecule has 0 bridgehead atoms. The Morgan fingerprint density at radius 1 is 1.56 bits per heavy atom. The summed E-state index contributed by atoms with van der Waals surface area (Å²) in [6.07, 6.45) is 1.01. The van der Waals surface area contributed by atoms with Crippen LogP contribution in [0.4, 0.5) is 0 Å². The first-order valence-electron chi connectivity index (χ1n) is 3.23. The van der Waals surface area contributed by atoms with Crippen molar-refractivity contribution in [2.75, 3.05) is 7.11 Å². The van der Waals surface area contributed by atoms with Crippen molar-refractivity contribution < 1.29 is 4.43 Å². The predicted octanol–water partition coefficient (Wildman–Crippen LogP) is 2.39. The summed E-state index contributed by atoms with van der Waals surface area (Å²) in [5.74, 6) is 0. The Morgan fingerprint density at radius 3 is 2.11 bits per heavy atom. The third-order valence-corrected chi connectivity index (χ3v) is 6.49. The van der Waals surface area contributed by atoms with Gasteiger partial charge in [0.1, 0.15) is 0 Å². The lowest BCUT2D eigenvalue weighted by Crippen LogP contribution is -2.39. The molecule has 0 N–H and O–H groups in total. The van der Waals surface area contributed by atoms with E-state index in [4.69, 9.17) is 16.0 Å². The molecule has 0 rings (SSSR count). The molecular weight excluding hydrogens is 152 g/mol. The molecule has 0 amide bonds. The number of hydrogen-bond acceptors (Lipinski definition) is 1. The molecule has 1 nitrogen and oxygen atoms in total. The van der Waals surface area contributed by atoms with E-state index in [0.717, 1.165) is 6.42 Å². The summed E-state index contributed by atoms with van der Waals surface area (Å²) < 4.78 is 5.30. The number of hydrogen-bond donors (Lipinski definition) is 0. The van der Waals surface area contributed by atoms with Gasteiger partial charge in [-0.05, 0) is 19.5 Å². The zero-order chi connectivity index (χ0) is 7.49. The van der Waals surface area contributed by atoms with Gasteiger partial charge in [-0.15, -0.1) is 11.6 Å². The van der Waals surface area contributed by atoms with E-state index in [2.05, 4.69) is 20.0 Å². The average Bonchev–Trinajstić information content (AvgIpc) is 1.86. The maximum Gasteiger partial charge on any atom is 0.203 e. The van der Waals surface area contributed by atoms with E-state index in [1.807, 2.05) is 0 Å². The molecule has 0 aromatic heterocycles. The molecule has 3 heteroatoms. The van der Waals surface area contributed by atoms with Gasteiger partial charge in [-0.1, -0.05) is 6.92 Å². The fraction of sp³-hybridized carbons (Fsp3) is 1.00. The fourth-order valence-electron chi connectivity index (χ4n) is 0.619. The Bertz CT molecular complexity index is 85.1. The van der Waals surface area contributed by atoms with Gasteiger partial charge < -0.3 is 4.43 Å². The van der Waals surface area contributed by atoms with E-state index < -0.39 is 8.32 Å². The van der Waals surface area contributed by atoms with Crippen LogP contribution < -0.4 is 0 Å². The Balaban J connectivity index is 3.80. The van der Waals surface area contributed by atoms with Gasteiger partial charge in [-0.3, -0.25) is 0 Å². The molecule has 0 saturated heterocycles. The summed E-state index contributed by atoms with van der Waals surface area (Å²) in [5, 5.41) is 0.252. The molecule has 0 saturated carbocycles. The van der Waals surface area contributed by atoms with Crippen LogP contribution in [0.25, 0.3) is 0 Å². The number of alkyl halides is 1. The van der Waals surface area contributed by atoms with Gasteiger partial charge in [0.2, 0.25) is 8.32 Å². The van der Waals surface area contributed by atoms with Crippen LogP contribution in [0.15, 0.2) is 0 Å². The molecule has 0 heterocycles. The van der Waals surface area contributed by atoms with Crippen LogP contribution in [0.5, 0.6) is 0 Å². The van der Waals surface area contributed by atoms with Gasteiger partial charge in [-0.25, -0.2) is 0 Å². The third kappa shape index (κ3) is 2.69. The van der Waals surface area contributed by atoms with E-state index >= 15 is 0 Å². The Kier molecular flexibility index (Phi) is 3.78. The smallest absolute Gasteiger partial charge is 0.203 e. The molecule has 0 fully saturated rings. The highest BCUT2D eigenvalue weighted by molar-refractivity contribution is 6.79. The lowest BCUT2D eigenvalue weighted by molar-refractivity contribution is 0.400. The summed E-state index contributed by atoms with van der Waals surface area (Å²) in [7, 11) is 0.232. The lowest BCUT2D eigenvalue weighted by Gasteiger charge is -2.24. The highest BCUT2D eigenvalue weighted by Gasteiger charge is 2.29. The minimum atomic E-state index is -1.52. The first-order valence-corrected chi connectivity index (χ1v) is 6.66. The highest BCUT2D eigenvalue weighted by atomic mass is 35.5. The van der Waals surface area contributed by atoms with E-state index in [1.165, 1.54) is 0 Å². The monoisotopic (exact) mass is 166 g/mol. The van der Waals surface area contributed by atoms with Crippen LogP contribution >= 0.6 is 11.6 Å². The molecule has 0 aromatic rings. The van der Waals surface area contributed by atoms with Gasteiger partial charge in [0, 0.05) is 7.11 Å². The van der Waals surface area contributed by atoms with Crippen LogP contribution in [0.3, 0.4) is 0 Å². The lowest BCUT2D eigenvalue weighted by atomic mass is 10.6. The molecule has 0 aromatic carbocycles. The average molecular weight is 167 g/mol. The Hall–Kier alpha value is 0.467. The predicted molar refractivity (Wildman–Crippen MR) is 44.4 cm³/mol. The maximum atomic E-state index is 5.99. The van der Waals surface area contributed by atoms with Crippen LogP contribution in [0.2, 0.25) is 13.1 Å². The molecule has 1 unspecified atom stereocenters. The summed E-state index contributed by atoms with van der Waals surface area (Å²) in [6, 6.07) is 0. The van der Waals surface area contributed by atoms with Crippen molar-refractivity contribution in [1.82, 2.24) is 0 Å². The van der Waals surface area contributed by atoms with Crippen molar-refractivity contribution in [2.24, 2.45) is 0 Å². The minimum Gasteiger partial charge on any atom is -0.419 e. The van der Waals surface area contributed by atoms with E-state index in [0.29, 0.717) is 0 Å². The molecule has 56 valence electrons. The first-order chi connectivity index (χ1) is 4.04.